The molecule has 4 atom stereocenters. The van der Waals surface area contributed by atoms with Crippen LogP contribution in [0.5, 0.6) is 5.75 Å². The molecule has 49 heavy (non-hydrogen) atoms. The molecule has 3 aromatic carbocycles. The third-order valence-electron chi connectivity index (χ3n) is 8.78. The first-order chi connectivity index (χ1) is 23.3. The molecule has 0 unspecified atom stereocenters. The number of carbonyl (C=O) groups excluding carboxylic acids is 1. The number of carboxylic acid groups (broad SMARTS) is 1. The second-order valence-corrected chi connectivity index (χ2v) is 14.8. The Kier molecular flexibility index (Phi) is 13.2. The summed E-state index contributed by atoms with van der Waals surface area (Å²) >= 11 is 0. The van der Waals surface area contributed by atoms with Gasteiger partial charge in [0.15, 0.2) is 0 Å². The number of hydrogen-bond acceptors (Lipinski definition) is 8. The zero-order valence-electron chi connectivity index (χ0n) is 29.0. The van der Waals surface area contributed by atoms with Crippen molar-refractivity contribution in [1.82, 2.24) is 9.80 Å². The zero-order chi connectivity index (χ0) is 35.7. The number of nitrogens with one attached hydrogen (secondary N) is 1. The number of hydrogen-bond donors (Lipinski definition) is 3. The van der Waals surface area contributed by atoms with Crippen molar-refractivity contribution in [3.05, 3.63) is 89.0 Å². The van der Waals surface area contributed by atoms with E-state index in [4.69, 9.17) is 9.47 Å². The highest BCUT2D eigenvalue weighted by molar-refractivity contribution is 7.92. The summed E-state index contributed by atoms with van der Waals surface area (Å²) in [7, 11) is -1.96. The minimum Gasteiger partial charge on any atom is -0.490 e. The lowest BCUT2D eigenvalue weighted by molar-refractivity contribution is -0.0177. The van der Waals surface area contributed by atoms with Gasteiger partial charge in [0, 0.05) is 37.8 Å². The molecule has 1 aliphatic rings. The molecular formula is C37H49N3O8S. The van der Waals surface area contributed by atoms with Crippen LogP contribution < -0.4 is 9.46 Å². The number of benzene rings is 3. The van der Waals surface area contributed by atoms with E-state index in [9.17, 15) is 28.2 Å². The fourth-order valence-corrected chi connectivity index (χ4v) is 6.87. The Morgan fingerprint density at radius 2 is 1.76 bits per heavy atom. The van der Waals surface area contributed by atoms with Crippen LogP contribution in [0.4, 0.5) is 5.69 Å². The molecule has 0 bridgehead atoms. The van der Waals surface area contributed by atoms with Crippen LogP contribution in [0.15, 0.2) is 71.6 Å². The van der Waals surface area contributed by atoms with Crippen molar-refractivity contribution in [3.63, 3.8) is 0 Å². The zero-order valence-corrected chi connectivity index (χ0v) is 29.8. The first-order valence-corrected chi connectivity index (χ1v) is 18.2. The highest BCUT2D eigenvalue weighted by Gasteiger charge is 2.31. The number of aliphatic hydroxyl groups excluding tert-OH is 1. The summed E-state index contributed by atoms with van der Waals surface area (Å²) in [5.74, 6) is -1.17. The van der Waals surface area contributed by atoms with E-state index in [1.807, 2.05) is 27.8 Å². The van der Waals surface area contributed by atoms with Gasteiger partial charge in [-0.2, -0.15) is 0 Å². The summed E-state index contributed by atoms with van der Waals surface area (Å²) in [6.07, 6.45) is 1.91. The van der Waals surface area contributed by atoms with Gasteiger partial charge >= 0.3 is 5.97 Å². The molecule has 0 aliphatic carbocycles. The van der Waals surface area contributed by atoms with Crippen LogP contribution in [0.25, 0.3) is 0 Å². The minimum absolute atomic E-state index is 0.104. The average Bonchev–Trinajstić information content (AvgIpc) is 3.06. The molecule has 0 radical (unpaired) electrons. The van der Waals surface area contributed by atoms with Gasteiger partial charge in [0.2, 0.25) is 0 Å². The molecule has 1 aliphatic heterocycles. The average molecular weight is 696 g/mol. The molecule has 3 aromatic rings. The number of rotatable bonds is 10. The van der Waals surface area contributed by atoms with Gasteiger partial charge in [0.25, 0.3) is 15.9 Å². The number of aliphatic hydroxyl groups is 1. The quantitative estimate of drug-likeness (QED) is 0.253. The highest BCUT2D eigenvalue weighted by atomic mass is 32.2. The Labute approximate surface area is 289 Å². The number of carbonyl (C=O) groups is 2. The number of fused-ring (bicyclic) bond motifs is 1. The predicted octanol–water partition coefficient (Wildman–Crippen LogP) is 5.42. The maximum absolute atomic E-state index is 14.4. The molecule has 4 rings (SSSR count). The van der Waals surface area contributed by atoms with Crippen LogP contribution in [0.2, 0.25) is 0 Å². The van der Waals surface area contributed by atoms with Crippen molar-refractivity contribution in [2.45, 2.75) is 76.6 Å². The van der Waals surface area contributed by atoms with Crippen molar-refractivity contribution >= 4 is 27.6 Å². The number of amides is 1. The molecule has 0 saturated carbocycles. The topological polar surface area (TPSA) is 146 Å². The smallest absolute Gasteiger partial charge is 0.335 e. The summed E-state index contributed by atoms with van der Waals surface area (Å²) in [5, 5.41) is 19.5. The Hall–Kier alpha value is -3.97. The number of likely N-dealkylation sites (N-methyl/N-ethyl adjacent to an activating group) is 1. The van der Waals surface area contributed by atoms with Crippen molar-refractivity contribution < 1.29 is 37.7 Å². The predicted molar refractivity (Wildman–Crippen MR) is 189 cm³/mol. The number of aromatic carboxylic acids is 1. The summed E-state index contributed by atoms with van der Waals surface area (Å²) in [5.41, 5.74) is 2.54. The molecule has 0 saturated heterocycles. The van der Waals surface area contributed by atoms with Crippen LogP contribution in [0.1, 0.15) is 71.9 Å². The largest absolute Gasteiger partial charge is 0.490 e. The van der Waals surface area contributed by atoms with Crippen molar-refractivity contribution in [1.29, 1.82) is 0 Å². The number of sulfonamides is 1. The molecule has 1 heterocycles. The number of ether oxygens (including phenoxy) is 2. The van der Waals surface area contributed by atoms with E-state index in [0.717, 1.165) is 30.4 Å². The number of carboxylic acids is 1. The molecule has 1 amide bonds. The lowest BCUT2D eigenvalue weighted by Crippen LogP contribution is -2.47. The van der Waals surface area contributed by atoms with E-state index in [2.05, 4.69) is 9.62 Å². The third-order valence-corrected chi connectivity index (χ3v) is 10.2. The monoisotopic (exact) mass is 695 g/mol. The van der Waals surface area contributed by atoms with Crippen LogP contribution in [0.3, 0.4) is 0 Å². The summed E-state index contributed by atoms with van der Waals surface area (Å²) in [6.45, 7) is 9.25. The van der Waals surface area contributed by atoms with Crippen LogP contribution in [0, 0.1) is 12.8 Å². The lowest BCUT2D eigenvalue weighted by atomic mass is 10.0. The van der Waals surface area contributed by atoms with Crippen molar-refractivity contribution in [3.8, 4) is 5.75 Å². The van der Waals surface area contributed by atoms with E-state index < -0.39 is 27.9 Å². The Bertz CT molecular complexity index is 1660. The molecule has 11 nitrogen and oxygen atoms in total. The van der Waals surface area contributed by atoms with Gasteiger partial charge < -0.3 is 24.6 Å². The molecule has 3 N–H and O–H groups in total. The minimum atomic E-state index is -3.93. The molecule has 12 heteroatoms. The maximum atomic E-state index is 14.4. The third kappa shape index (κ3) is 10.5. The molecular weight excluding hydrogens is 646 g/mol. The van der Waals surface area contributed by atoms with Crippen molar-refractivity contribution in [2.75, 3.05) is 38.1 Å². The summed E-state index contributed by atoms with van der Waals surface area (Å²) in [4.78, 5) is 29.5. The van der Waals surface area contributed by atoms with Gasteiger partial charge in [0.1, 0.15) is 5.75 Å². The van der Waals surface area contributed by atoms with Crippen LogP contribution in [-0.4, -0.2) is 91.9 Å². The van der Waals surface area contributed by atoms with Gasteiger partial charge in [-0.3, -0.25) is 14.4 Å². The number of anilines is 1. The van der Waals surface area contributed by atoms with Gasteiger partial charge in [-0.15, -0.1) is 0 Å². The van der Waals surface area contributed by atoms with Crippen LogP contribution in [-0.2, 0) is 21.3 Å². The summed E-state index contributed by atoms with van der Waals surface area (Å²) < 4.78 is 41.8. The molecule has 266 valence electrons. The fourth-order valence-electron chi connectivity index (χ4n) is 5.82. The first-order valence-electron chi connectivity index (χ1n) is 16.7. The van der Waals surface area contributed by atoms with E-state index in [-0.39, 0.29) is 53.0 Å². The number of aryl methyl sites for hydroxylation is 1. The fraction of sp³-hybridized carbons (Fsp3) is 0.459. The molecule has 0 aromatic heterocycles. The molecule has 0 spiro atoms. The second-order valence-electron chi connectivity index (χ2n) is 13.1. The van der Waals surface area contributed by atoms with Crippen LogP contribution >= 0.6 is 0 Å². The first kappa shape index (κ1) is 37.8. The van der Waals surface area contributed by atoms with E-state index in [1.165, 1.54) is 18.2 Å². The molecule has 0 fully saturated rings. The van der Waals surface area contributed by atoms with E-state index in [0.29, 0.717) is 25.4 Å². The van der Waals surface area contributed by atoms with Gasteiger partial charge in [-0.05, 0) is 95.1 Å². The SMILES string of the molecule is Cc1ccc(S(=O)(=O)Nc2ccc3c(c2)C(=O)N([C@H](C)CO)C[C@@H](C)[C@@H](CN(C)Cc2ccc(C(=O)O)cc2)OCCCC[C@@H](C)O3)cc1. The Morgan fingerprint density at radius 3 is 2.41 bits per heavy atom. The lowest BCUT2D eigenvalue weighted by Gasteiger charge is -2.36. The van der Waals surface area contributed by atoms with E-state index >= 15 is 0 Å². The Morgan fingerprint density at radius 1 is 1.06 bits per heavy atom. The van der Waals surface area contributed by atoms with Gasteiger partial charge in [-0.25, -0.2) is 13.2 Å². The highest BCUT2D eigenvalue weighted by Crippen LogP contribution is 2.29. The van der Waals surface area contributed by atoms with Gasteiger partial charge in [-0.1, -0.05) is 36.8 Å². The second kappa shape index (κ2) is 17.1. The van der Waals surface area contributed by atoms with Gasteiger partial charge in [0.05, 0.1) is 40.9 Å². The standard InChI is InChI=1S/C37H49N3O8S/c1-25-9-16-32(17-10-25)49(45,46)38-31-15-18-34-33(20-31)36(42)40(27(3)24-41)21-26(2)35(47-19-7-6-8-28(4)48-34)23-39(5)22-29-11-13-30(14-12-29)37(43)44/h9-18,20,26-28,35,38,41H,6-8,19,21-24H2,1-5H3,(H,43,44)/t26-,27-,28-,35-/m1/s1. The number of nitrogens with zero attached hydrogens (tertiary/aromatic N) is 2. The normalized spacial score (nSPS) is 20.2. The summed E-state index contributed by atoms with van der Waals surface area (Å²) in [6, 6.07) is 17.5. The van der Waals surface area contributed by atoms with E-state index in [1.54, 1.807) is 60.4 Å². The van der Waals surface area contributed by atoms with Crippen molar-refractivity contribution in [2.24, 2.45) is 5.92 Å². The Balaban J connectivity index is 1.62. The maximum Gasteiger partial charge on any atom is 0.335 e.